The first kappa shape index (κ1) is 23.4. The van der Waals surface area contributed by atoms with E-state index >= 15 is 0 Å². The molecular formula is C27H26F2N2O3. The first-order valence-corrected chi connectivity index (χ1v) is 11.2. The van der Waals surface area contributed by atoms with Crippen molar-refractivity contribution < 1.29 is 23.1 Å². The van der Waals surface area contributed by atoms with Gasteiger partial charge in [0, 0.05) is 29.8 Å². The van der Waals surface area contributed by atoms with Gasteiger partial charge in [-0.3, -0.25) is 4.79 Å². The number of amides is 2. The van der Waals surface area contributed by atoms with E-state index in [2.05, 4.69) is 10.6 Å². The predicted molar refractivity (Wildman–Crippen MR) is 127 cm³/mol. The minimum atomic E-state index is -2.92. The maximum absolute atomic E-state index is 13.6. The molecule has 3 aromatic rings. The Morgan fingerprint density at radius 1 is 1.00 bits per heavy atom. The van der Waals surface area contributed by atoms with Gasteiger partial charge in [-0.2, -0.15) is 0 Å². The lowest BCUT2D eigenvalue weighted by atomic mass is 9.97. The minimum Gasteiger partial charge on any atom is -0.450 e. The van der Waals surface area contributed by atoms with Gasteiger partial charge in [0.05, 0.1) is 6.61 Å². The molecule has 0 aromatic heterocycles. The van der Waals surface area contributed by atoms with E-state index in [1.807, 2.05) is 18.2 Å². The third-order valence-corrected chi connectivity index (χ3v) is 5.87. The van der Waals surface area contributed by atoms with Crippen LogP contribution >= 0.6 is 0 Å². The fourth-order valence-corrected chi connectivity index (χ4v) is 4.21. The maximum Gasteiger partial charge on any atom is 0.407 e. The molecule has 4 rings (SSSR count). The number of hydrogen-bond acceptors (Lipinski definition) is 3. The Hall–Kier alpha value is -3.74. The van der Waals surface area contributed by atoms with Crippen LogP contribution < -0.4 is 10.6 Å². The monoisotopic (exact) mass is 464 g/mol. The first-order chi connectivity index (χ1) is 16.2. The molecular weight excluding hydrogens is 438 g/mol. The minimum absolute atomic E-state index is 0.0424. The van der Waals surface area contributed by atoms with Crippen molar-refractivity contribution in [3.8, 4) is 11.1 Å². The maximum atomic E-state index is 13.6. The highest BCUT2D eigenvalue weighted by Gasteiger charge is 2.25. The number of fused-ring (bicyclic) bond motifs is 1. The quantitative estimate of drug-likeness (QED) is 0.475. The van der Waals surface area contributed by atoms with E-state index in [1.54, 1.807) is 43.3 Å². The van der Waals surface area contributed by atoms with E-state index in [-0.39, 0.29) is 17.5 Å². The van der Waals surface area contributed by atoms with Crippen molar-refractivity contribution in [2.24, 2.45) is 0 Å². The lowest BCUT2D eigenvalue weighted by Gasteiger charge is -2.14. The molecule has 0 aliphatic heterocycles. The summed E-state index contributed by atoms with van der Waals surface area (Å²) in [5.41, 5.74) is 4.53. The Bertz CT molecular complexity index is 1200. The van der Waals surface area contributed by atoms with Gasteiger partial charge in [0.1, 0.15) is 0 Å². The molecule has 2 amide bonds. The summed E-state index contributed by atoms with van der Waals surface area (Å²) in [5, 5.41) is 5.79. The molecule has 2 N–H and O–H groups in total. The number of alkyl carbamates (subject to hydrolysis) is 1. The van der Waals surface area contributed by atoms with E-state index < -0.39 is 12.0 Å². The Morgan fingerprint density at radius 2 is 1.71 bits per heavy atom. The molecule has 0 saturated carbocycles. The second kappa shape index (κ2) is 9.63. The highest BCUT2D eigenvalue weighted by atomic mass is 19.3. The van der Waals surface area contributed by atoms with Crippen LogP contribution in [0.5, 0.6) is 0 Å². The number of rotatable bonds is 6. The number of benzene rings is 3. The molecule has 176 valence electrons. The van der Waals surface area contributed by atoms with Crippen molar-refractivity contribution in [2.75, 3.05) is 11.9 Å². The summed E-state index contributed by atoms with van der Waals surface area (Å²) in [6.45, 7) is 2.93. The molecule has 34 heavy (non-hydrogen) atoms. The average Bonchev–Trinajstić information content (AvgIpc) is 3.20. The topological polar surface area (TPSA) is 67.4 Å². The van der Waals surface area contributed by atoms with Crippen LogP contribution in [-0.2, 0) is 23.5 Å². The van der Waals surface area contributed by atoms with E-state index in [0.29, 0.717) is 41.8 Å². The molecule has 0 spiro atoms. The van der Waals surface area contributed by atoms with Crippen LogP contribution in [-0.4, -0.2) is 24.6 Å². The Kier molecular flexibility index (Phi) is 6.63. The molecule has 1 atom stereocenters. The van der Waals surface area contributed by atoms with Crippen LogP contribution in [0, 0.1) is 0 Å². The molecule has 0 unspecified atom stereocenters. The van der Waals surface area contributed by atoms with E-state index in [0.717, 1.165) is 18.1 Å². The summed E-state index contributed by atoms with van der Waals surface area (Å²) in [4.78, 5) is 24.8. The second-order valence-corrected chi connectivity index (χ2v) is 8.42. The van der Waals surface area contributed by atoms with Crippen molar-refractivity contribution in [3.05, 3.63) is 89.0 Å². The zero-order chi connectivity index (χ0) is 24.3. The standard InChI is InChI=1S/C27H26F2N2O3/c1-3-34-26(33)31-22-14-18-10-13-21(15-19(18)16-22)30-25(32)24-7-5-4-6-23(24)17-8-11-20(12-9-17)27(2,28)29/h4-13,15,22H,3,14,16H2,1-2H3,(H,30,32)(H,31,33)/t22-/m1/s1. The zero-order valence-corrected chi connectivity index (χ0v) is 19.0. The molecule has 0 heterocycles. The number of nitrogens with one attached hydrogen (secondary N) is 2. The predicted octanol–water partition coefficient (Wildman–Crippen LogP) is 5.93. The lowest BCUT2D eigenvalue weighted by molar-refractivity contribution is 0.0175. The first-order valence-electron chi connectivity index (χ1n) is 11.2. The molecule has 1 aliphatic carbocycles. The van der Waals surface area contributed by atoms with E-state index in [4.69, 9.17) is 4.74 Å². The third-order valence-electron chi connectivity index (χ3n) is 5.87. The summed E-state index contributed by atoms with van der Waals surface area (Å²) < 4.78 is 32.1. The van der Waals surface area contributed by atoms with Gasteiger partial charge < -0.3 is 15.4 Å². The van der Waals surface area contributed by atoms with Crippen LogP contribution in [0.2, 0.25) is 0 Å². The number of halogens is 2. The molecule has 0 fully saturated rings. The van der Waals surface area contributed by atoms with E-state index in [9.17, 15) is 18.4 Å². The van der Waals surface area contributed by atoms with Gasteiger partial charge in [0.25, 0.3) is 11.8 Å². The highest BCUT2D eigenvalue weighted by molar-refractivity contribution is 6.08. The zero-order valence-electron chi connectivity index (χ0n) is 19.0. The van der Waals surface area contributed by atoms with Crippen LogP contribution in [0.25, 0.3) is 11.1 Å². The van der Waals surface area contributed by atoms with Gasteiger partial charge >= 0.3 is 6.09 Å². The number of alkyl halides is 2. The number of anilines is 1. The molecule has 1 aliphatic rings. The Balaban J connectivity index is 1.49. The largest absolute Gasteiger partial charge is 0.450 e. The molecule has 0 radical (unpaired) electrons. The molecule has 0 bridgehead atoms. The normalized spacial score (nSPS) is 14.9. The number of ether oxygens (including phenoxy) is 1. The van der Waals surface area contributed by atoms with Crippen molar-refractivity contribution in [1.82, 2.24) is 5.32 Å². The Labute approximate surface area is 197 Å². The third kappa shape index (κ3) is 5.25. The van der Waals surface area contributed by atoms with E-state index in [1.165, 1.54) is 12.1 Å². The summed E-state index contributed by atoms with van der Waals surface area (Å²) in [7, 11) is 0. The number of carbonyl (C=O) groups is 2. The lowest BCUT2D eigenvalue weighted by Crippen LogP contribution is -2.35. The fourth-order valence-electron chi connectivity index (χ4n) is 4.21. The van der Waals surface area contributed by atoms with Crippen molar-refractivity contribution in [3.63, 3.8) is 0 Å². The van der Waals surface area contributed by atoms with Gasteiger partial charge in [0.2, 0.25) is 0 Å². The molecule has 0 saturated heterocycles. The summed E-state index contributed by atoms with van der Waals surface area (Å²) in [6, 6.07) is 18.7. The van der Waals surface area contributed by atoms with Crippen molar-refractivity contribution in [2.45, 2.75) is 38.7 Å². The molecule has 5 nitrogen and oxygen atoms in total. The van der Waals surface area contributed by atoms with Crippen molar-refractivity contribution >= 4 is 17.7 Å². The van der Waals surface area contributed by atoms with Gasteiger partial charge in [-0.15, -0.1) is 0 Å². The van der Waals surface area contributed by atoms with Crippen LogP contribution in [0.15, 0.2) is 66.7 Å². The average molecular weight is 465 g/mol. The molecule has 3 aromatic carbocycles. The summed E-state index contributed by atoms with van der Waals surface area (Å²) in [6.07, 6.45) is 0.932. The smallest absolute Gasteiger partial charge is 0.407 e. The van der Waals surface area contributed by atoms with Crippen LogP contribution in [0.1, 0.15) is 40.9 Å². The summed E-state index contributed by atoms with van der Waals surface area (Å²) in [5.74, 6) is -3.21. The van der Waals surface area contributed by atoms with Crippen LogP contribution in [0.4, 0.5) is 19.3 Å². The van der Waals surface area contributed by atoms with Gasteiger partial charge in [-0.05, 0) is 60.2 Å². The van der Waals surface area contributed by atoms with Crippen molar-refractivity contribution in [1.29, 1.82) is 0 Å². The second-order valence-electron chi connectivity index (χ2n) is 8.42. The molecule has 7 heteroatoms. The number of carbonyl (C=O) groups excluding carboxylic acids is 2. The fraction of sp³-hybridized carbons (Fsp3) is 0.259. The van der Waals surface area contributed by atoms with Gasteiger partial charge in [-0.1, -0.05) is 48.5 Å². The highest BCUT2D eigenvalue weighted by Crippen LogP contribution is 2.31. The Morgan fingerprint density at radius 3 is 2.41 bits per heavy atom. The van der Waals surface area contributed by atoms with Gasteiger partial charge in [0.15, 0.2) is 0 Å². The van der Waals surface area contributed by atoms with Crippen LogP contribution in [0.3, 0.4) is 0 Å². The number of hydrogen-bond donors (Lipinski definition) is 2. The summed E-state index contributed by atoms with van der Waals surface area (Å²) >= 11 is 0. The van der Waals surface area contributed by atoms with Gasteiger partial charge in [-0.25, -0.2) is 13.6 Å². The SMILES string of the molecule is CCOC(=O)N[C@@H]1Cc2ccc(NC(=O)c3ccccc3-c3ccc(C(C)(F)F)cc3)cc2C1.